The molecule has 1 heterocycles. The van der Waals surface area contributed by atoms with Crippen LogP contribution in [-0.2, 0) is 9.59 Å². The van der Waals surface area contributed by atoms with Gasteiger partial charge in [-0.1, -0.05) is 0 Å². The fourth-order valence-electron chi connectivity index (χ4n) is 0.560. The Balaban J connectivity index is 2.95. The number of rotatable bonds is 0. The molecule has 0 aromatic carbocycles. The van der Waals surface area contributed by atoms with E-state index in [1.54, 1.807) is 6.92 Å². The van der Waals surface area contributed by atoms with Crippen LogP contribution in [0.15, 0.2) is 4.99 Å². The molecule has 0 spiro atoms. The summed E-state index contributed by atoms with van der Waals surface area (Å²) in [6.07, 6.45) is 0. The third-order valence-electron chi connectivity index (χ3n) is 1.24. The molecule has 48 valence electrons. The third kappa shape index (κ3) is 0.718. The van der Waals surface area contributed by atoms with Gasteiger partial charge in [0, 0.05) is 7.05 Å². The van der Waals surface area contributed by atoms with Crippen molar-refractivity contribution in [2.75, 3.05) is 7.05 Å². The van der Waals surface area contributed by atoms with Crippen LogP contribution in [0.2, 0.25) is 0 Å². The van der Waals surface area contributed by atoms with E-state index in [1.165, 1.54) is 11.9 Å². The summed E-state index contributed by atoms with van der Waals surface area (Å²) in [6.45, 7) is 1.61. The van der Waals surface area contributed by atoms with Crippen LogP contribution < -0.4 is 0 Å². The highest BCUT2D eigenvalue weighted by atomic mass is 16.2. The molecular formula is C5H6N2O2. The Morgan fingerprint density at radius 2 is 2.00 bits per heavy atom. The van der Waals surface area contributed by atoms with Gasteiger partial charge in [-0.25, -0.2) is 0 Å². The fourth-order valence-corrected chi connectivity index (χ4v) is 0.560. The van der Waals surface area contributed by atoms with Crippen LogP contribution in [-0.4, -0.2) is 29.6 Å². The molecule has 9 heavy (non-hydrogen) atoms. The van der Waals surface area contributed by atoms with Crippen LogP contribution in [0.5, 0.6) is 0 Å². The second kappa shape index (κ2) is 1.65. The highest BCUT2D eigenvalue weighted by Crippen LogP contribution is 1.99. The van der Waals surface area contributed by atoms with Crippen molar-refractivity contribution < 1.29 is 9.59 Å². The van der Waals surface area contributed by atoms with Crippen molar-refractivity contribution in [2.24, 2.45) is 4.99 Å². The molecule has 4 nitrogen and oxygen atoms in total. The molecule has 0 N–H and O–H groups in total. The lowest BCUT2D eigenvalue weighted by atomic mass is 10.5. The van der Waals surface area contributed by atoms with E-state index in [-0.39, 0.29) is 0 Å². The van der Waals surface area contributed by atoms with Gasteiger partial charge in [-0.3, -0.25) is 14.5 Å². The minimum atomic E-state index is -0.671. The Hall–Kier alpha value is -1.19. The predicted octanol–water partition coefficient (Wildman–Crippen LogP) is -0.597. The predicted molar refractivity (Wildman–Crippen MR) is 30.9 cm³/mol. The molecule has 0 saturated carbocycles. The molecule has 0 bridgehead atoms. The Kier molecular flexibility index (Phi) is 1.09. The van der Waals surface area contributed by atoms with Crippen LogP contribution in [0.4, 0.5) is 0 Å². The second-order valence-electron chi connectivity index (χ2n) is 1.83. The number of carbonyl (C=O) groups is 2. The average Bonchev–Trinajstić information content (AvgIpc) is 1.98. The minimum absolute atomic E-state index is 0.463. The lowest BCUT2D eigenvalue weighted by Gasteiger charge is -2.03. The van der Waals surface area contributed by atoms with Gasteiger partial charge in [-0.05, 0) is 6.92 Å². The van der Waals surface area contributed by atoms with Crippen LogP contribution in [0.1, 0.15) is 6.92 Å². The van der Waals surface area contributed by atoms with Crippen LogP contribution in [0.25, 0.3) is 0 Å². The molecule has 1 rings (SSSR count). The first-order valence-corrected chi connectivity index (χ1v) is 2.50. The number of hydrogen-bond donors (Lipinski definition) is 0. The number of amides is 2. The van der Waals surface area contributed by atoms with E-state index < -0.39 is 11.8 Å². The van der Waals surface area contributed by atoms with Gasteiger partial charge in [0.25, 0.3) is 0 Å². The zero-order valence-electron chi connectivity index (χ0n) is 5.21. The second-order valence-corrected chi connectivity index (χ2v) is 1.83. The quantitative estimate of drug-likeness (QED) is 0.407. The van der Waals surface area contributed by atoms with Gasteiger partial charge >= 0.3 is 11.8 Å². The number of amidine groups is 1. The molecule has 0 saturated heterocycles. The topological polar surface area (TPSA) is 49.7 Å². The van der Waals surface area contributed by atoms with Crippen LogP contribution >= 0.6 is 0 Å². The smallest absolute Gasteiger partial charge is 0.295 e. The van der Waals surface area contributed by atoms with Crippen molar-refractivity contribution in [2.45, 2.75) is 6.92 Å². The maximum atomic E-state index is 10.6. The summed E-state index contributed by atoms with van der Waals surface area (Å²) in [6, 6.07) is 0. The maximum Gasteiger partial charge on any atom is 0.337 e. The summed E-state index contributed by atoms with van der Waals surface area (Å²) in [4.78, 5) is 25.6. The SMILES string of the molecule is CC1=NC(=O)C(=O)N1C. The molecule has 2 amide bonds. The molecule has 4 heteroatoms. The summed E-state index contributed by atoms with van der Waals surface area (Å²) < 4.78 is 0. The van der Waals surface area contributed by atoms with Crippen LogP contribution in [0.3, 0.4) is 0 Å². The monoisotopic (exact) mass is 126 g/mol. The van der Waals surface area contributed by atoms with Crippen molar-refractivity contribution >= 4 is 17.6 Å². The first-order valence-electron chi connectivity index (χ1n) is 2.50. The van der Waals surface area contributed by atoms with Crippen molar-refractivity contribution in [1.29, 1.82) is 0 Å². The van der Waals surface area contributed by atoms with E-state index in [4.69, 9.17) is 0 Å². The molecule has 0 aromatic rings. The van der Waals surface area contributed by atoms with E-state index in [0.717, 1.165) is 0 Å². The first kappa shape index (κ1) is 5.94. The number of carbonyl (C=O) groups excluding carboxylic acids is 2. The van der Waals surface area contributed by atoms with Gasteiger partial charge in [-0.15, -0.1) is 0 Å². The van der Waals surface area contributed by atoms with Crippen molar-refractivity contribution in [3.8, 4) is 0 Å². The Morgan fingerprint density at radius 3 is 2.11 bits per heavy atom. The summed E-state index contributed by atoms with van der Waals surface area (Å²) in [5, 5.41) is 0. The average molecular weight is 126 g/mol. The first-order chi connectivity index (χ1) is 4.13. The summed E-state index contributed by atoms with van der Waals surface area (Å²) in [5.74, 6) is -0.757. The summed E-state index contributed by atoms with van der Waals surface area (Å²) >= 11 is 0. The van der Waals surface area contributed by atoms with Gasteiger partial charge < -0.3 is 0 Å². The van der Waals surface area contributed by atoms with E-state index in [2.05, 4.69) is 4.99 Å². The van der Waals surface area contributed by atoms with E-state index in [9.17, 15) is 9.59 Å². The van der Waals surface area contributed by atoms with Crippen molar-refractivity contribution in [3.05, 3.63) is 0 Å². The van der Waals surface area contributed by atoms with E-state index in [1.807, 2.05) is 0 Å². The third-order valence-corrected chi connectivity index (χ3v) is 1.24. The molecule has 0 fully saturated rings. The van der Waals surface area contributed by atoms with Crippen molar-refractivity contribution in [1.82, 2.24) is 4.90 Å². The van der Waals surface area contributed by atoms with Gasteiger partial charge in [0.2, 0.25) is 0 Å². The molecule has 0 radical (unpaired) electrons. The van der Waals surface area contributed by atoms with E-state index >= 15 is 0 Å². The zero-order chi connectivity index (χ0) is 7.02. The number of nitrogens with zero attached hydrogens (tertiary/aromatic N) is 2. The molecule has 0 aliphatic carbocycles. The van der Waals surface area contributed by atoms with Gasteiger partial charge in [-0.2, -0.15) is 4.99 Å². The summed E-state index contributed by atoms with van der Waals surface area (Å²) in [7, 11) is 1.52. The fraction of sp³-hybridized carbons (Fsp3) is 0.400. The molecular weight excluding hydrogens is 120 g/mol. The largest absolute Gasteiger partial charge is 0.337 e. The minimum Gasteiger partial charge on any atom is -0.295 e. The molecule has 1 aliphatic rings. The normalized spacial score (nSPS) is 18.9. The standard InChI is InChI=1S/C5H6N2O2/c1-3-6-4(8)5(9)7(3)2/h1-2H3. The van der Waals surface area contributed by atoms with Gasteiger partial charge in [0.1, 0.15) is 5.84 Å². The lowest BCUT2D eigenvalue weighted by molar-refractivity contribution is -0.139. The highest BCUT2D eigenvalue weighted by molar-refractivity contribution is 6.43. The molecule has 0 unspecified atom stereocenters. The summed E-state index contributed by atoms with van der Waals surface area (Å²) in [5.41, 5.74) is 0. The highest BCUT2D eigenvalue weighted by Gasteiger charge is 2.26. The van der Waals surface area contributed by atoms with Gasteiger partial charge in [0.15, 0.2) is 0 Å². The van der Waals surface area contributed by atoms with E-state index in [0.29, 0.717) is 5.84 Å². The molecule has 1 aliphatic heterocycles. The molecule has 0 aromatic heterocycles. The maximum absolute atomic E-state index is 10.6. The zero-order valence-corrected chi connectivity index (χ0v) is 5.21. The van der Waals surface area contributed by atoms with Crippen LogP contribution in [0, 0.1) is 0 Å². The lowest BCUT2D eigenvalue weighted by Crippen LogP contribution is -2.27. The Bertz CT molecular complexity index is 207. The van der Waals surface area contributed by atoms with Crippen molar-refractivity contribution in [3.63, 3.8) is 0 Å². The molecule has 0 atom stereocenters. The number of likely N-dealkylation sites (N-methyl/N-ethyl adjacent to an activating group) is 1. The van der Waals surface area contributed by atoms with Gasteiger partial charge in [0.05, 0.1) is 0 Å². The number of hydrogen-bond acceptors (Lipinski definition) is 2. The number of aliphatic imine (C=N–C) groups is 1. The Morgan fingerprint density at radius 1 is 1.44 bits per heavy atom. The Labute approximate surface area is 52.2 Å².